The van der Waals surface area contributed by atoms with E-state index < -0.39 is 5.92 Å². The van der Waals surface area contributed by atoms with Gasteiger partial charge in [0.2, 0.25) is 5.91 Å². The molecule has 1 amide bonds. The maximum Gasteiger partial charge on any atom is 0.310 e. The maximum absolute atomic E-state index is 13.0. The Morgan fingerprint density at radius 2 is 1.74 bits per heavy atom. The van der Waals surface area contributed by atoms with E-state index in [1.54, 1.807) is 24.0 Å². The molecule has 23 heavy (non-hydrogen) atoms. The van der Waals surface area contributed by atoms with Gasteiger partial charge in [-0.05, 0) is 30.5 Å². The second-order valence-electron chi connectivity index (χ2n) is 5.78. The lowest BCUT2D eigenvalue weighted by atomic mass is 10.0. The summed E-state index contributed by atoms with van der Waals surface area (Å²) < 4.78 is 17.8. The first-order valence-corrected chi connectivity index (χ1v) is 8.03. The molecular formula is C18H26FNO3. The van der Waals surface area contributed by atoms with Crippen LogP contribution in [0.15, 0.2) is 24.3 Å². The van der Waals surface area contributed by atoms with Crippen LogP contribution in [0.1, 0.15) is 39.2 Å². The number of carbonyl (C=O) groups excluding carboxylic acids is 2. The SMILES string of the molecule is CCC(CC)C(=O)N(Cc1ccc(F)cc1)CC(C)C(=O)OC. The van der Waals surface area contributed by atoms with Gasteiger partial charge in [0.05, 0.1) is 13.0 Å². The summed E-state index contributed by atoms with van der Waals surface area (Å²) in [6, 6.07) is 6.06. The summed E-state index contributed by atoms with van der Waals surface area (Å²) in [7, 11) is 1.34. The van der Waals surface area contributed by atoms with Crippen molar-refractivity contribution < 1.29 is 18.7 Å². The van der Waals surface area contributed by atoms with Crippen molar-refractivity contribution in [1.82, 2.24) is 4.90 Å². The minimum Gasteiger partial charge on any atom is -0.469 e. The fraction of sp³-hybridized carbons (Fsp3) is 0.556. The van der Waals surface area contributed by atoms with Crippen LogP contribution < -0.4 is 0 Å². The monoisotopic (exact) mass is 323 g/mol. The Bertz CT molecular complexity index is 512. The molecule has 0 aliphatic carbocycles. The lowest BCUT2D eigenvalue weighted by Crippen LogP contribution is -2.40. The quantitative estimate of drug-likeness (QED) is 0.689. The third kappa shape index (κ3) is 5.66. The summed E-state index contributed by atoms with van der Waals surface area (Å²) in [5, 5.41) is 0. The molecule has 0 heterocycles. The van der Waals surface area contributed by atoms with Crippen molar-refractivity contribution in [2.75, 3.05) is 13.7 Å². The zero-order chi connectivity index (χ0) is 17.4. The van der Waals surface area contributed by atoms with E-state index in [4.69, 9.17) is 4.74 Å². The average Bonchev–Trinajstić information content (AvgIpc) is 2.56. The molecule has 0 spiro atoms. The molecule has 0 saturated carbocycles. The number of methoxy groups -OCH3 is 1. The zero-order valence-electron chi connectivity index (χ0n) is 14.3. The van der Waals surface area contributed by atoms with E-state index in [1.165, 1.54) is 19.2 Å². The Morgan fingerprint density at radius 3 is 2.22 bits per heavy atom. The van der Waals surface area contributed by atoms with Crippen LogP contribution in [-0.2, 0) is 20.9 Å². The van der Waals surface area contributed by atoms with E-state index >= 15 is 0 Å². The normalized spacial score (nSPS) is 12.1. The molecule has 128 valence electrons. The highest BCUT2D eigenvalue weighted by atomic mass is 19.1. The molecule has 0 aromatic heterocycles. The number of benzene rings is 1. The van der Waals surface area contributed by atoms with E-state index in [0.717, 1.165) is 18.4 Å². The Balaban J connectivity index is 2.92. The first kappa shape index (κ1) is 19.1. The summed E-state index contributed by atoms with van der Waals surface area (Å²) in [5.41, 5.74) is 0.836. The standard InChI is InChI=1S/C18H26FNO3/c1-5-15(6-2)17(21)20(11-13(3)18(22)23-4)12-14-7-9-16(19)10-8-14/h7-10,13,15H,5-6,11-12H2,1-4H3. The lowest BCUT2D eigenvalue weighted by Gasteiger charge is -2.28. The molecule has 0 radical (unpaired) electrons. The van der Waals surface area contributed by atoms with Gasteiger partial charge in [-0.3, -0.25) is 9.59 Å². The molecule has 0 aliphatic heterocycles. The number of esters is 1. The van der Waals surface area contributed by atoms with Crippen LogP contribution >= 0.6 is 0 Å². The summed E-state index contributed by atoms with van der Waals surface area (Å²) in [5.74, 6) is -1.10. The minimum atomic E-state index is -0.404. The number of nitrogens with zero attached hydrogens (tertiary/aromatic N) is 1. The number of amides is 1. The van der Waals surface area contributed by atoms with Gasteiger partial charge in [0.1, 0.15) is 5.82 Å². The van der Waals surface area contributed by atoms with Crippen LogP contribution in [0.5, 0.6) is 0 Å². The number of carbonyl (C=O) groups is 2. The molecule has 0 fully saturated rings. The molecular weight excluding hydrogens is 297 g/mol. The van der Waals surface area contributed by atoms with E-state index in [0.29, 0.717) is 13.1 Å². The van der Waals surface area contributed by atoms with Gasteiger partial charge in [0, 0.05) is 19.0 Å². The molecule has 5 heteroatoms. The number of ether oxygens (including phenoxy) is 1. The van der Waals surface area contributed by atoms with Crippen LogP contribution in [0.4, 0.5) is 4.39 Å². The molecule has 1 aromatic carbocycles. The third-order valence-corrected chi connectivity index (χ3v) is 4.03. The fourth-order valence-corrected chi connectivity index (χ4v) is 2.55. The zero-order valence-corrected chi connectivity index (χ0v) is 14.3. The van der Waals surface area contributed by atoms with Crippen molar-refractivity contribution in [2.45, 2.75) is 40.2 Å². The van der Waals surface area contributed by atoms with Crippen LogP contribution in [-0.4, -0.2) is 30.4 Å². The highest BCUT2D eigenvalue weighted by Gasteiger charge is 2.25. The third-order valence-electron chi connectivity index (χ3n) is 4.03. The van der Waals surface area contributed by atoms with Gasteiger partial charge in [-0.25, -0.2) is 4.39 Å². The Hall–Kier alpha value is -1.91. The predicted octanol–water partition coefficient (Wildman–Crippen LogP) is 3.40. The van der Waals surface area contributed by atoms with Gasteiger partial charge in [-0.2, -0.15) is 0 Å². The first-order chi connectivity index (χ1) is 10.9. The largest absolute Gasteiger partial charge is 0.469 e. The average molecular weight is 323 g/mol. The Morgan fingerprint density at radius 1 is 1.17 bits per heavy atom. The van der Waals surface area contributed by atoms with Crippen LogP contribution in [0.3, 0.4) is 0 Å². The van der Waals surface area contributed by atoms with Crippen molar-refractivity contribution in [3.8, 4) is 0 Å². The summed E-state index contributed by atoms with van der Waals surface area (Å²) in [6.45, 7) is 6.34. The number of halogens is 1. The van der Waals surface area contributed by atoms with E-state index in [-0.39, 0.29) is 23.6 Å². The van der Waals surface area contributed by atoms with Gasteiger partial charge in [0.15, 0.2) is 0 Å². The lowest BCUT2D eigenvalue weighted by molar-refractivity contribution is -0.147. The number of hydrogen-bond acceptors (Lipinski definition) is 3. The van der Waals surface area contributed by atoms with Crippen molar-refractivity contribution in [3.05, 3.63) is 35.6 Å². The Labute approximate surface area is 137 Å². The highest BCUT2D eigenvalue weighted by Crippen LogP contribution is 2.17. The Kier molecular flexibility index (Phi) is 7.72. The predicted molar refractivity (Wildman–Crippen MR) is 87.1 cm³/mol. The van der Waals surface area contributed by atoms with Crippen molar-refractivity contribution in [1.29, 1.82) is 0 Å². The van der Waals surface area contributed by atoms with E-state index in [1.807, 2.05) is 13.8 Å². The molecule has 0 saturated heterocycles. The van der Waals surface area contributed by atoms with Crippen molar-refractivity contribution in [3.63, 3.8) is 0 Å². The maximum atomic E-state index is 13.0. The van der Waals surface area contributed by atoms with Gasteiger partial charge in [-0.15, -0.1) is 0 Å². The second-order valence-corrected chi connectivity index (χ2v) is 5.78. The van der Waals surface area contributed by atoms with E-state index in [9.17, 15) is 14.0 Å². The number of hydrogen-bond donors (Lipinski definition) is 0. The summed E-state index contributed by atoms with van der Waals surface area (Å²) in [6.07, 6.45) is 1.50. The van der Waals surface area contributed by atoms with Crippen molar-refractivity contribution >= 4 is 11.9 Å². The molecule has 0 aliphatic rings. The summed E-state index contributed by atoms with van der Waals surface area (Å²) >= 11 is 0. The molecule has 0 N–H and O–H groups in total. The minimum absolute atomic E-state index is 0.0232. The van der Waals surface area contributed by atoms with E-state index in [2.05, 4.69) is 0 Å². The first-order valence-electron chi connectivity index (χ1n) is 8.03. The van der Waals surface area contributed by atoms with Crippen molar-refractivity contribution in [2.24, 2.45) is 11.8 Å². The number of rotatable bonds is 8. The fourth-order valence-electron chi connectivity index (χ4n) is 2.55. The summed E-state index contributed by atoms with van der Waals surface area (Å²) in [4.78, 5) is 26.1. The van der Waals surface area contributed by atoms with Crippen LogP contribution in [0.25, 0.3) is 0 Å². The molecule has 4 nitrogen and oxygen atoms in total. The molecule has 1 atom stereocenters. The van der Waals surface area contributed by atoms with Gasteiger partial charge in [0.25, 0.3) is 0 Å². The van der Waals surface area contributed by atoms with Crippen LogP contribution in [0, 0.1) is 17.7 Å². The van der Waals surface area contributed by atoms with Gasteiger partial charge >= 0.3 is 5.97 Å². The highest BCUT2D eigenvalue weighted by molar-refractivity contribution is 5.80. The van der Waals surface area contributed by atoms with Crippen LogP contribution in [0.2, 0.25) is 0 Å². The molecule has 1 aromatic rings. The topological polar surface area (TPSA) is 46.6 Å². The van der Waals surface area contributed by atoms with Gasteiger partial charge in [-0.1, -0.05) is 32.9 Å². The molecule has 0 bridgehead atoms. The molecule has 1 rings (SSSR count). The smallest absolute Gasteiger partial charge is 0.310 e. The second kappa shape index (κ2) is 9.28. The van der Waals surface area contributed by atoms with Gasteiger partial charge < -0.3 is 9.64 Å². The molecule has 1 unspecified atom stereocenters.